The zero-order valence-electron chi connectivity index (χ0n) is 10.8. The molecule has 0 aromatic carbocycles. The molecule has 1 saturated heterocycles. The lowest BCUT2D eigenvalue weighted by atomic mass is 9.76. The lowest BCUT2D eigenvalue weighted by molar-refractivity contribution is 0.00578. The summed E-state index contributed by atoms with van der Waals surface area (Å²) in [6.07, 6.45) is 1.35. The first-order valence-electron chi connectivity index (χ1n) is 5.45. The van der Waals surface area contributed by atoms with E-state index in [1.54, 1.807) is 0 Å². The van der Waals surface area contributed by atoms with Crippen molar-refractivity contribution in [2.75, 3.05) is 0 Å². The third-order valence-electron chi connectivity index (χ3n) is 3.31. The van der Waals surface area contributed by atoms with Crippen molar-refractivity contribution in [2.24, 2.45) is 5.73 Å². The van der Waals surface area contributed by atoms with Crippen LogP contribution in [-0.4, -0.2) is 18.3 Å². The first-order valence-corrected chi connectivity index (χ1v) is 5.45. The van der Waals surface area contributed by atoms with Gasteiger partial charge in [-0.15, -0.1) is 0 Å². The molecule has 0 saturated carbocycles. The Morgan fingerprint density at radius 3 is 1.94 bits per heavy atom. The topological polar surface area (TPSA) is 44.5 Å². The standard InChI is InChI=1S/C12H19BFNO2/c1-7-9(15)10(8(2)14)13-16-11(3,4)12(5,6)17-13/h7H,1-2,15H2,3-6H3/b10-9-. The summed E-state index contributed by atoms with van der Waals surface area (Å²) in [5.41, 5.74) is 4.88. The van der Waals surface area contributed by atoms with Gasteiger partial charge in [-0.2, -0.15) is 0 Å². The molecular weight excluding hydrogens is 220 g/mol. The largest absolute Gasteiger partial charge is 0.499 e. The Bertz CT molecular complexity index is 372. The monoisotopic (exact) mass is 239 g/mol. The Labute approximate surface area is 102 Å². The molecule has 0 spiro atoms. The second-order valence-corrected chi connectivity index (χ2v) is 5.07. The van der Waals surface area contributed by atoms with Crippen molar-refractivity contribution in [3.05, 3.63) is 36.2 Å². The van der Waals surface area contributed by atoms with Crippen LogP contribution in [0.25, 0.3) is 0 Å². The van der Waals surface area contributed by atoms with Gasteiger partial charge < -0.3 is 15.0 Å². The van der Waals surface area contributed by atoms with E-state index in [0.29, 0.717) is 0 Å². The van der Waals surface area contributed by atoms with Crippen molar-refractivity contribution in [1.29, 1.82) is 0 Å². The Morgan fingerprint density at radius 1 is 1.24 bits per heavy atom. The molecule has 3 nitrogen and oxygen atoms in total. The van der Waals surface area contributed by atoms with Crippen molar-refractivity contribution in [3.63, 3.8) is 0 Å². The minimum Gasteiger partial charge on any atom is -0.399 e. The smallest absolute Gasteiger partial charge is 0.399 e. The highest BCUT2D eigenvalue weighted by Gasteiger charge is 2.53. The summed E-state index contributed by atoms with van der Waals surface area (Å²) in [5, 5.41) is 0. The highest BCUT2D eigenvalue weighted by molar-refractivity contribution is 6.56. The lowest BCUT2D eigenvalue weighted by Gasteiger charge is -2.32. The van der Waals surface area contributed by atoms with Crippen LogP contribution in [0.15, 0.2) is 36.2 Å². The molecule has 0 aromatic heterocycles. The van der Waals surface area contributed by atoms with Gasteiger partial charge >= 0.3 is 7.12 Å². The van der Waals surface area contributed by atoms with Crippen LogP contribution >= 0.6 is 0 Å². The van der Waals surface area contributed by atoms with Crippen LogP contribution in [0, 0.1) is 0 Å². The molecule has 5 heteroatoms. The van der Waals surface area contributed by atoms with E-state index in [9.17, 15) is 4.39 Å². The number of allylic oxidation sites excluding steroid dienone is 3. The number of nitrogens with two attached hydrogens (primary N) is 1. The minimum atomic E-state index is -0.851. The summed E-state index contributed by atoms with van der Waals surface area (Å²) in [5.74, 6) is -0.666. The minimum absolute atomic E-state index is 0.110. The van der Waals surface area contributed by atoms with E-state index >= 15 is 0 Å². The van der Waals surface area contributed by atoms with Crippen LogP contribution in [0.4, 0.5) is 4.39 Å². The van der Waals surface area contributed by atoms with Crippen LogP contribution in [0.2, 0.25) is 0 Å². The summed E-state index contributed by atoms with van der Waals surface area (Å²) >= 11 is 0. The quantitative estimate of drug-likeness (QED) is 0.607. The van der Waals surface area contributed by atoms with Crippen LogP contribution in [0.1, 0.15) is 27.7 Å². The van der Waals surface area contributed by atoms with E-state index in [2.05, 4.69) is 13.2 Å². The van der Waals surface area contributed by atoms with E-state index < -0.39 is 24.1 Å². The van der Waals surface area contributed by atoms with Crippen molar-refractivity contribution in [3.8, 4) is 0 Å². The molecule has 17 heavy (non-hydrogen) atoms. The molecule has 0 aromatic rings. The summed E-state index contributed by atoms with van der Waals surface area (Å²) in [4.78, 5) is 0. The predicted octanol–water partition coefficient (Wildman–Crippen LogP) is 2.50. The van der Waals surface area contributed by atoms with Crippen LogP contribution < -0.4 is 5.73 Å². The molecule has 1 heterocycles. The average Bonchev–Trinajstić information content (AvgIpc) is 2.34. The maximum Gasteiger partial charge on any atom is 0.499 e. The first-order chi connectivity index (χ1) is 7.62. The SMILES string of the molecule is C=C/C(N)=C(/B1OC(C)(C)C(C)(C)O1)C(=C)F. The van der Waals surface area contributed by atoms with Gasteiger partial charge in [0.05, 0.1) is 11.2 Å². The van der Waals surface area contributed by atoms with Crippen molar-refractivity contribution in [1.82, 2.24) is 0 Å². The van der Waals surface area contributed by atoms with Gasteiger partial charge in [0.15, 0.2) is 0 Å². The third kappa shape index (κ3) is 2.45. The van der Waals surface area contributed by atoms with Gasteiger partial charge in [0.25, 0.3) is 0 Å². The van der Waals surface area contributed by atoms with E-state index in [0.717, 1.165) is 0 Å². The molecule has 0 bridgehead atoms. The Balaban J connectivity index is 3.12. The van der Waals surface area contributed by atoms with E-state index in [1.165, 1.54) is 6.08 Å². The van der Waals surface area contributed by atoms with Gasteiger partial charge in [-0.05, 0) is 33.8 Å². The van der Waals surface area contributed by atoms with E-state index in [-0.39, 0.29) is 11.2 Å². The maximum atomic E-state index is 13.4. The number of rotatable bonds is 3. The molecule has 1 aliphatic rings. The highest BCUT2D eigenvalue weighted by Crippen LogP contribution is 2.40. The van der Waals surface area contributed by atoms with Gasteiger partial charge in [-0.25, -0.2) is 4.39 Å². The summed E-state index contributed by atoms with van der Waals surface area (Å²) in [6, 6.07) is 0. The molecule has 0 unspecified atom stereocenters. The molecule has 0 atom stereocenters. The molecular formula is C12H19BFNO2. The molecule has 1 fully saturated rings. The van der Waals surface area contributed by atoms with Gasteiger partial charge in [-0.3, -0.25) is 0 Å². The second kappa shape index (κ2) is 4.31. The fourth-order valence-corrected chi connectivity index (χ4v) is 1.49. The second-order valence-electron chi connectivity index (χ2n) is 5.07. The van der Waals surface area contributed by atoms with E-state index in [4.69, 9.17) is 15.0 Å². The van der Waals surface area contributed by atoms with Crippen LogP contribution in [0.5, 0.6) is 0 Å². The molecule has 1 rings (SSSR count). The number of hydrogen-bond donors (Lipinski definition) is 1. The third-order valence-corrected chi connectivity index (χ3v) is 3.31. The summed E-state index contributed by atoms with van der Waals surface area (Å²) < 4.78 is 24.8. The van der Waals surface area contributed by atoms with Gasteiger partial charge in [0.1, 0.15) is 5.83 Å². The number of halogens is 1. The van der Waals surface area contributed by atoms with Crippen molar-refractivity contribution in [2.45, 2.75) is 38.9 Å². The predicted molar refractivity (Wildman–Crippen MR) is 67.7 cm³/mol. The van der Waals surface area contributed by atoms with Gasteiger partial charge in [-0.1, -0.05) is 13.2 Å². The van der Waals surface area contributed by atoms with Crippen LogP contribution in [-0.2, 0) is 9.31 Å². The molecule has 0 amide bonds. The molecule has 0 radical (unpaired) electrons. The summed E-state index contributed by atoms with van der Waals surface area (Å²) in [6.45, 7) is 14.3. The van der Waals surface area contributed by atoms with Crippen molar-refractivity contribution >= 4 is 7.12 Å². The molecule has 94 valence electrons. The van der Waals surface area contributed by atoms with Crippen LogP contribution in [0.3, 0.4) is 0 Å². The Morgan fingerprint density at radius 2 is 1.65 bits per heavy atom. The van der Waals surface area contributed by atoms with Gasteiger partial charge in [0, 0.05) is 11.2 Å². The zero-order chi connectivity index (χ0) is 13.4. The molecule has 1 aliphatic heterocycles. The molecule has 0 aliphatic carbocycles. The maximum absolute atomic E-state index is 13.4. The average molecular weight is 239 g/mol. The highest BCUT2D eigenvalue weighted by atomic mass is 19.1. The normalized spacial score (nSPS) is 23.2. The fourth-order valence-electron chi connectivity index (χ4n) is 1.49. The zero-order valence-corrected chi connectivity index (χ0v) is 10.8. The Kier molecular flexibility index (Phi) is 3.55. The Hall–Kier alpha value is -1.07. The summed E-state index contributed by atoms with van der Waals surface area (Å²) in [7, 11) is -0.851. The van der Waals surface area contributed by atoms with Gasteiger partial charge in [0.2, 0.25) is 0 Å². The van der Waals surface area contributed by atoms with E-state index in [1.807, 2.05) is 27.7 Å². The number of hydrogen-bond acceptors (Lipinski definition) is 3. The molecule has 2 N–H and O–H groups in total. The lowest BCUT2D eigenvalue weighted by Crippen LogP contribution is -2.41. The van der Waals surface area contributed by atoms with Crippen molar-refractivity contribution < 1.29 is 13.7 Å². The first kappa shape index (κ1) is 14.0. The fraction of sp³-hybridized carbons (Fsp3) is 0.500.